The van der Waals surface area contributed by atoms with Gasteiger partial charge < -0.3 is 9.84 Å². The number of ether oxygens (including phenoxy) is 1. The second kappa shape index (κ2) is 4.40. The number of halogens is 3. The first-order chi connectivity index (χ1) is 7.71. The Morgan fingerprint density at radius 3 is 2.35 bits per heavy atom. The van der Waals surface area contributed by atoms with Gasteiger partial charge in [-0.25, -0.2) is 9.78 Å². The van der Waals surface area contributed by atoms with Crippen LogP contribution < -0.4 is 4.74 Å². The molecule has 5 nitrogen and oxygen atoms in total. The molecule has 17 heavy (non-hydrogen) atoms. The summed E-state index contributed by atoms with van der Waals surface area (Å²) < 4.78 is 41.2. The third-order valence-electron chi connectivity index (χ3n) is 1.62. The van der Waals surface area contributed by atoms with Crippen molar-refractivity contribution in [3.05, 3.63) is 23.4 Å². The van der Waals surface area contributed by atoms with Crippen LogP contribution in [0.5, 0.6) is 5.88 Å². The molecule has 0 saturated carbocycles. The number of carboxylic acids is 1. The average molecular weight is 249 g/mol. The highest BCUT2D eigenvalue weighted by Crippen LogP contribution is 2.30. The van der Waals surface area contributed by atoms with E-state index in [9.17, 15) is 22.8 Å². The molecule has 1 N–H and O–H groups in total. The molecular weight excluding hydrogens is 243 g/mol. The summed E-state index contributed by atoms with van der Waals surface area (Å²) in [6.07, 6.45) is -4.74. The largest absolute Gasteiger partial charge is 0.477 e. The number of aromatic carboxylic acids is 1. The lowest BCUT2D eigenvalue weighted by atomic mass is 10.2. The number of hydrogen-bond donors (Lipinski definition) is 1. The fourth-order valence-corrected chi connectivity index (χ4v) is 0.975. The van der Waals surface area contributed by atoms with Crippen molar-refractivity contribution >= 4 is 11.9 Å². The maximum Gasteiger partial charge on any atom is 0.433 e. The van der Waals surface area contributed by atoms with E-state index >= 15 is 0 Å². The number of hydrogen-bond acceptors (Lipinski definition) is 4. The lowest BCUT2D eigenvalue weighted by Crippen LogP contribution is -2.14. The molecule has 1 aromatic rings. The van der Waals surface area contributed by atoms with Crippen LogP contribution >= 0.6 is 0 Å². The van der Waals surface area contributed by atoms with Crippen molar-refractivity contribution < 1.29 is 32.6 Å². The second-order valence-corrected chi connectivity index (χ2v) is 2.95. The van der Waals surface area contributed by atoms with Gasteiger partial charge in [0, 0.05) is 6.92 Å². The van der Waals surface area contributed by atoms with E-state index in [-0.39, 0.29) is 0 Å². The second-order valence-electron chi connectivity index (χ2n) is 2.95. The maximum atomic E-state index is 12.3. The van der Waals surface area contributed by atoms with E-state index in [0.717, 1.165) is 6.92 Å². The Labute approximate surface area is 92.8 Å². The predicted molar refractivity (Wildman–Crippen MR) is 47.5 cm³/mol. The van der Waals surface area contributed by atoms with Crippen molar-refractivity contribution in [2.75, 3.05) is 0 Å². The number of pyridine rings is 1. The summed E-state index contributed by atoms with van der Waals surface area (Å²) in [6, 6.07) is 1.17. The van der Waals surface area contributed by atoms with Crippen molar-refractivity contribution in [1.29, 1.82) is 0 Å². The lowest BCUT2D eigenvalue weighted by Gasteiger charge is -2.09. The first kappa shape index (κ1) is 12.9. The number of carbonyl (C=O) groups excluding carboxylic acids is 1. The number of carboxylic acid groups (broad SMARTS) is 1. The molecule has 0 amide bonds. The third-order valence-corrected chi connectivity index (χ3v) is 1.62. The Hall–Kier alpha value is -2.12. The Bertz CT molecular complexity index is 470. The summed E-state index contributed by atoms with van der Waals surface area (Å²) >= 11 is 0. The van der Waals surface area contributed by atoms with Crippen molar-refractivity contribution in [3.63, 3.8) is 0 Å². The number of carbonyl (C=O) groups is 2. The topological polar surface area (TPSA) is 76.5 Å². The monoisotopic (exact) mass is 249 g/mol. The molecule has 0 radical (unpaired) electrons. The van der Waals surface area contributed by atoms with Gasteiger partial charge in [-0.05, 0) is 12.1 Å². The summed E-state index contributed by atoms with van der Waals surface area (Å²) in [4.78, 5) is 24.2. The molecule has 1 aromatic heterocycles. The zero-order valence-electron chi connectivity index (χ0n) is 8.41. The fourth-order valence-electron chi connectivity index (χ4n) is 0.975. The van der Waals surface area contributed by atoms with Crippen LogP contribution in [0, 0.1) is 0 Å². The molecule has 0 aliphatic carbocycles. The molecule has 0 atom stereocenters. The molecule has 0 aliphatic rings. The highest BCUT2D eigenvalue weighted by Gasteiger charge is 2.34. The molecule has 92 valence electrons. The molecule has 0 saturated heterocycles. The summed E-state index contributed by atoms with van der Waals surface area (Å²) in [6.45, 7) is 0.924. The van der Waals surface area contributed by atoms with Crippen LogP contribution in [0.25, 0.3) is 0 Å². The number of rotatable bonds is 2. The van der Waals surface area contributed by atoms with Gasteiger partial charge in [-0.3, -0.25) is 4.79 Å². The normalized spacial score (nSPS) is 11.1. The van der Waals surface area contributed by atoms with Gasteiger partial charge in [0.25, 0.3) is 0 Å². The van der Waals surface area contributed by atoms with Crippen molar-refractivity contribution in [2.24, 2.45) is 0 Å². The molecule has 0 aromatic carbocycles. The third kappa shape index (κ3) is 3.16. The first-order valence-corrected chi connectivity index (χ1v) is 4.21. The molecule has 0 unspecified atom stereocenters. The van der Waals surface area contributed by atoms with Gasteiger partial charge >= 0.3 is 18.1 Å². The molecule has 0 spiro atoms. The molecule has 0 bridgehead atoms. The van der Waals surface area contributed by atoms with E-state index in [4.69, 9.17) is 5.11 Å². The summed E-state index contributed by atoms with van der Waals surface area (Å²) in [5, 5.41) is 8.66. The number of aromatic nitrogens is 1. The van der Waals surface area contributed by atoms with Crippen LogP contribution in [0.2, 0.25) is 0 Å². The van der Waals surface area contributed by atoms with Crippen molar-refractivity contribution in [2.45, 2.75) is 13.1 Å². The highest BCUT2D eigenvalue weighted by atomic mass is 19.4. The molecule has 0 aliphatic heterocycles. The van der Waals surface area contributed by atoms with Gasteiger partial charge in [0.2, 0.25) is 5.88 Å². The Balaban J connectivity index is 3.29. The Kier molecular flexibility index (Phi) is 3.35. The van der Waals surface area contributed by atoms with Crippen LogP contribution in [-0.4, -0.2) is 22.0 Å². The minimum absolute atomic E-state index is 0.496. The van der Waals surface area contributed by atoms with Gasteiger partial charge in [0.15, 0.2) is 0 Å². The summed E-state index contributed by atoms with van der Waals surface area (Å²) in [5.41, 5.74) is -1.95. The maximum absolute atomic E-state index is 12.3. The summed E-state index contributed by atoms with van der Waals surface area (Å²) in [7, 11) is 0. The van der Waals surface area contributed by atoms with Gasteiger partial charge in [0.1, 0.15) is 11.3 Å². The number of alkyl halides is 3. The van der Waals surface area contributed by atoms with E-state index in [2.05, 4.69) is 9.72 Å². The standard InChI is InChI=1S/C9H6F3NO4/c1-4(14)17-7-5(8(15)16)2-3-6(13-7)9(10,11)12/h2-3H,1H3,(H,15,16). The zero-order valence-corrected chi connectivity index (χ0v) is 8.41. The Morgan fingerprint density at radius 2 is 1.94 bits per heavy atom. The number of nitrogens with zero attached hydrogens (tertiary/aromatic N) is 1. The zero-order chi connectivity index (χ0) is 13.2. The predicted octanol–water partition coefficient (Wildman–Crippen LogP) is 1.72. The van der Waals surface area contributed by atoms with Crippen LogP contribution in [0.15, 0.2) is 12.1 Å². The molecule has 0 fully saturated rings. The van der Waals surface area contributed by atoms with E-state index < -0.39 is 35.3 Å². The molecule has 1 rings (SSSR count). The minimum atomic E-state index is -4.74. The number of esters is 1. The molecule has 8 heteroatoms. The van der Waals surface area contributed by atoms with Crippen LogP contribution in [0.1, 0.15) is 23.0 Å². The van der Waals surface area contributed by atoms with E-state index in [1.165, 1.54) is 0 Å². The smallest absolute Gasteiger partial charge is 0.433 e. The highest BCUT2D eigenvalue weighted by molar-refractivity contribution is 5.91. The average Bonchev–Trinajstić information content (AvgIpc) is 2.14. The van der Waals surface area contributed by atoms with Gasteiger partial charge in [-0.15, -0.1) is 0 Å². The lowest BCUT2D eigenvalue weighted by molar-refractivity contribution is -0.142. The SMILES string of the molecule is CC(=O)Oc1nc(C(F)(F)F)ccc1C(=O)O. The van der Waals surface area contributed by atoms with Crippen molar-refractivity contribution in [1.82, 2.24) is 4.98 Å². The Morgan fingerprint density at radius 1 is 1.35 bits per heavy atom. The minimum Gasteiger partial charge on any atom is -0.477 e. The van der Waals surface area contributed by atoms with Gasteiger partial charge in [-0.2, -0.15) is 13.2 Å². The van der Waals surface area contributed by atoms with Crippen LogP contribution in [-0.2, 0) is 11.0 Å². The fraction of sp³-hybridized carbons (Fsp3) is 0.222. The molecular formula is C9H6F3NO4. The van der Waals surface area contributed by atoms with E-state index in [1.807, 2.05) is 0 Å². The quantitative estimate of drug-likeness (QED) is 0.807. The molecule has 1 heterocycles. The van der Waals surface area contributed by atoms with E-state index in [1.54, 1.807) is 0 Å². The first-order valence-electron chi connectivity index (χ1n) is 4.21. The van der Waals surface area contributed by atoms with Crippen molar-refractivity contribution in [3.8, 4) is 5.88 Å². The van der Waals surface area contributed by atoms with E-state index in [0.29, 0.717) is 12.1 Å². The van der Waals surface area contributed by atoms with Crippen LogP contribution in [0.3, 0.4) is 0 Å². The van der Waals surface area contributed by atoms with Gasteiger partial charge in [-0.1, -0.05) is 0 Å². The van der Waals surface area contributed by atoms with Gasteiger partial charge in [0.05, 0.1) is 0 Å². The summed E-state index contributed by atoms with van der Waals surface area (Å²) in [5.74, 6) is -3.37. The van der Waals surface area contributed by atoms with Crippen LogP contribution in [0.4, 0.5) is 13.2 Å².